The molecule has 21 heavy (non-hydrogen) atoms. The highest BCUT2D eigenvalue weighted by Crippen LogP contribution is 2.22. The van der Waals surface area contributed by atoms with Gasteiger partial charge in [-0.2, -0.15) is 0 Å². The molecule has 0 saturated carbocycles. The van der Waals surface area contributed by atoms with E-state index >= 15 is 0 Å². The van der Waals surface area contributed by atoms with Crippen LogP contribution in [0.2, 0.25) is 0 Å². The fourth-order valence-electron chi connectivity index (χ4n) is 1.84. The summed E-state index contributed by atoms with van der Waals surface area (Å²) in [5, 5.41) is 3.73. The second kappa shape index (κ2) is 6.25. The van der Waals surface area contributed by atoms with Gasteiger partial charge in [-0.3, -0.25) is 0 Å². The number of hydrogen-bond acceptors (Lipinski definition) is 6. The quantitative estimate of drug-likeness (QED) is 0.821. The lowest BCUT2D eigenvalue weighted by molar-refractivity contribution is 0.390. The molecule has 7 nitrogen and oxygen atoms in total. The van der Waals surface area contributed by atoms with Crippen LogP contribution in [0.3, 0.4) is 0 Å². The van der Waals surface area contributed by atoms with Crippen molar-refractivity contribution < 1.29 is 17.7 Å². The number of rotatable bonds is 6. The Balaban J connectivity index is 2.19. The summed E-state index contributed by atoms with van der Waals surface area (Å²) in [5.41, 5.74) is 6.73. The molecule has 1 heterocycles. The Labute approximate surface area is 123 Å². The van der Waals surface area contributed by atoms with E-state index in [2.05, 4.69) is 9.88 Å². The van der Waals surface area contributed by atoms with E-state index in [0.717, 1.165) is 0 Å². The maximum Gasteiger partial charge on any atom is 0.240 e. The van der Waals surface area contributed by atoms with Crippen molar-refractivity contribution in [2.75, 3.05) is 7.11 Å². The van der Waals surface area contributed by atoms with Gasteiger partial charge in [0.05, 0.1) is 24.2 Å². The van der Waals surface area contributed by atoms with E-state index < -0.39 is 10.0 Å². The molecule has 0 atom stereocenters. The Morgan fingerprint density at radius 2 is 2.14 bits per heavy atom. The Bertz CT molecular complexity index is 725. The molecule has 2 aromatic rings. The second-order valence-corrected chi connectivity index (χ2v) is 6.20. The van der Waals surface area contributed by atoms with Gasteiger partial charge < -0.3 is 15.0 Å². The molecular formula is C13H17N3O4S. The van der Waals surface area contributed by atoms with Gasteiger partial charge in [0, 0.05) is 18.2 Å². The number of aromatic nitrogens is 1. The average Bonchev–Trinajstić information content (AvgIpc) is 2.90. The zero-order valence-corrected chi connectivity index (χ0v) is 12.6. The van der Waals surface area contributed by atoms with Crippen molar-refractivity contribution in [2.24, 2.45) is 5.73 Å². The fourth-order valence-corrected chi connectivity index (χ4v) is 2.88. The number of nitrogens with zero attached hydrogens (tertiary/aromatic N) is 1. The molecule has 0 unspecified atom stereocenters. The van der Waals surface area contributed by atoms with Crippen LogP contribution >= 0.6 is 0 Å². The number of aryl methyl sites for hydroxylation is 1. The van der Waals surface area contributed by atoms with Gasteiger partial charge in [-0.05, 0) is 25.1 Å². The smallest absolute Gasteiger partial charge is 0.240 e. The van der Waals surface area contributed by atoms with Crippen LogP contribution in [0.15, 0.2) is 33.7 Å². The van der Waals surface area contributed by atoms with Gasteiger partial charge in [0.2, 0.25) is 10.0 Å². The van der Waals surface area contributed by atoms with E-state index in [4.69, 9.17) is 15.0 Å². The van der Waals surface area contributed by atoms with Crippen molar-refractivity contribution in [2.45, 2.75) is 24.9 Å². The highest BCUT2D eigenvalue weighted by Gasteiger charge is 2.16. The van der Waals surface area contributed by atoms with Crippen LogP contribution in [0.1, 0.15) is 17.0 Å². The zero-order chi connectivity index (χ0) is 15.5. The molecule has 2 rings (SSSR count). The van der Waals surface area contributed by atoms with Gasteiger partial charge >= 0.3 is 0 Å². The largest absolute Gasteiger partial charge is 0.496 e. The van der Waals surface area contributed by atoms with Crippen molar-refractivity contribution >= 4 is 10.0 Å². The molecule has 0 aliphatic rings. The van der Waals surface area contributed by atoms with Gasteiger partial charge in [-0.15, -0.1) is 0 Å². The SMILES string of the molecule is COc1ccc(S(=O)(=O)NCc2cc(C)on2)cc1CN. The van der Waals surface area contributed by atoms with E-state index in [0.29, 0.717) is 22.8 Å². The Morgan fingerprint density at radius 1 is 1.38 bits per heavy atom. The maximum absolute atomic E-state index is 12.2. The van der Waals surface area contributed by atoms with E-state index in [1.807, 2.05) is 0 Å². The monoisotopic (exact) mass is 311 g/mol. The molecule has 0 saturated heterocycles. The molecule has 0 amide bonds. The topological polar surface area (TPSA) is 107 Å². The summed E-state index contributed by atoms with van der Waals surface area (Å²) in [6.45, 7) is 1.99. The third kappa shape index (κ3) is 3.60. The number of hydrogen-bond donors (Lipinski definition) is 2. The predicted octanol–water partition coefficient (Wildman–Crippen LogP) is 0.929. The van der Waals surface area contributed by atoms with Crippen molar-refractivity contribution in [3.8, 4) is 5.75 Å². The molecule has 0 spiro atoms. The summed E-state index contributed by atoms with van der Waals surface area (Å²) < 4.78 is 36.9. The lowest BCUT2D eigenvalue weighted by Gasteiger charge is -2.10. The van der Waals surface area contributed by atoms with Crippen molar-refractivity contribution in [1.29, 1.82) is 0 Å². The molecule has 0 aliphatic carbocycles. The Morgan fingerprint density at radius 3 is 2.71 bits per heavy atom. The third-order valence-electron chi connectivity index (χ3n) is 2.90. The molecule has 114 valence electrons. The maximum atomic E-state index is 12.2. The van der Waals surface area contributed by atoms with Crippen molar-refractivity contribution in [3.63, 3.8) is 0 Å². The Kier molecular flexibility index (Phi) is 4.61. The molecule has 0 aliphatic heterocycles. The minimum atomic E-state index is -3.65. The number of methoxy groups -OCH3 is 1. The van der Waals surface area contributed by atoms with Gasteiger partial charge in [0.25, 0.3) is 0 Å². The number of benzene rings is 1. The summed E-state index contributed by atoms with van der Waals surface area (Å²) in [4.78, 5) is 0.129. The first-order valence-electron chi connectivity index (χ1n) is 6.25. The van der Waals surface area contributed by atoms with Crippen molar-refractivity contribution in [3.05, 3.63) is 41.3 Å². The van der Waals surface area contributed by atoms with Crippen LogP contribution < -0.4 is 15.2 Å². The van der Waals surface area contributed by atoms with Gasteiger partial charge in [0.1, 0.15) is 11.5 Å². The summed E-state index contributed by atoms with van der Waals surface area (Å²) in [7, 11) is -2.14. The van der Waals surface area contributed by atoms with Crippen LogP contribution in [-0.2, 0) is 23.1 Å². The zero-order valence-electron chi connectivity index (χ0n) is 11.8. The summed E-state index contributed by atoms with van der Waals surface area (Å²) in [6.07, 6.45) is 0. The summed E-state index contributed by atoms with van der Waals surface area (Å²) >= 11 is 0. The highest BCUT2D eigenvalue weighted by atomic mass is 32.2. The van der Waals surface area contributed by atoms with Gasteiger partial charge in [0.15, 0.2) is 0 Å². The molecule has 0 fully saturated rings. The summed E-state index contributed by atoms with van der Waals surface area (Å²) in [6, 6.07) is 6.21. The second-order valence-electron chi connectivity index (χ2n) is 4.43. The number of nitrogens with one attached hydrogen (secondary N) is 1. The number of nitrogens with two attached hydrogens (primary N) is 1. The first-order chi connectivity index (χ1) is 9.96. The molecule has 1 aromatic carbocycles. The Hall–Kier alpha value is -1.90. The van der Waals surface area contributed by atoms with E-state index in [1.54, 1.807) is 19.1 Å². The molecule has 1 aromatic heterocycles. The first-order valence-corrected chi connectivity index (χ1v) is 7.73. The normalized spacial score (nSPS) is 11.6. The molecular weight excluding hydrogens is 294 g/mol. The van der Waals surface area contributed by atoms with E-state index in [-0.39, 0.29) is 18.0 Å². The number of ether oxygens (including phenoxy) is 1. The predicted molar refractivity (Wildman–Crippen MR) is 76.2 cm³/mol. The fraction of sp³-hybridized carbons (Fsp3) is 0.308. The molecule has 0 bridgehead atoms. The lowest BCUT2D eigenvalue weighted by atomic mass is 10.2. The van der Waals surface area contributed by atoms with Gasteiger partial charge in [-0.1, -0.05) is 5.16 Å². The first kappa shape index (κ1) is 15.5. The van der Waals surface area contributed by atoms with Gasteiger partial charge in [-0.25, -0.2) is 13.1 Å². The molecule has 3 N–H and O–H groups in total. The van der Waals surface area contributed by atoms with Crippen LogP contribution in [0.5, 0.6) is 5.75 Å². The van der Waals surface area contributed by atoms with Crippen molar-refractivity contribution in [1.82, 2.24) is 9.88 Å². The van der Waals surface area contributed by atoms with Crippen LogP contribution in [0.25, 0.3) is 0 Å². The van der Waals surface area contributed by atoms with Crippen LogP contribution in [0.4, 0.5) is 0 Å². The van der Waals surface area contributed by atoms with E-state index in [9.17, 15) is 8.42 Å². The standard InChI is InChI=1S/C13H17N3O4S/c1-9-5-11(16-20-9)8-15-21(17,18)12-3-4-13(19-2)10(6-12)7-14/h3-6,15H,7-8,14H2,1-2H3. The van der Waals surface area contributed by atoms with E-state index in [1.165, 1.54) is 19.2 Å². The average molecular weight is 311 g/mol. The van der Waals surface area contributed by atoms with Crippen LogP contribution in [0, 0.1) is 6.92 Å². The minimum Gasteiger partial charge on any atom is -0.496 e. The van der Waals surface area contributed by atoms with Crippen LogP contribution in [-0.4, -0.2) is 20.7 Å². The highest BCUT2D eigenvalue weighted by molar-refractivity contribution is 7.89. The molecule has 0 radical (unpaired) electrons. The molecule has 8 heteroatoms. The summed E-state index contributed by atoms with van der Waals surface area (Å²) in [5.74, 6) is 1.18. The lowest BCUT2D eigenvalue weighted by Crippen LogP contribution is -2.23. The minimum absolute atomic E-state index is 0.0592. The third-order valence-corrected chi connectivity index (χ3v) is 4.30. The number of sulfonamides is 1.